The van der Waals surface area contributed by atoms with Gasteiger partial charge in [0.1, 0.15) is 0 Å². The average Bonchev–Trinajstić information content (AvgIpc) is 2.62. The normalized spacial score (nSPS) is 18.1. The maximum atomic E-state index is 12.6. The van der Waals surface area contributed by atoms with Crippen LogP contribution in [0.2, 0.25) is 0 Å². The van der Waals surface area contributed by atoms with Gasteiger partial charge in [0.15, 0.2) is 5.60 Å². The van der Waals surface area contributed by atoms with Crippen molar-refractivity contribution in [1.82, 2.24) is 5.32 Å². The molecule has 0 radical (unpaired) electrons. The van der Waals surface area contributed by atoms with E-state index < -0.39 is 17.5 Å². The van der Waals surface area contributed by atoms with Gasteiger partial charge >= 0.3 is 5.97 Å². The van der Waals surface area contributed by atoms with Crippen LogP contribution in [0, 0.1) is 20.8 Å². The summed E-state index contributed by atoms with van der Waals surface area (Å²) in [6.07, 6.45) is 0.262. The van der Waals surface area contributed by atoms with Gasteiger partial charge in [0.25, 0.3) is 5.91 Å². The zero-order valence-corrected chi connectivity index (χ0v) is 16.5. The maximum Gasteiger partial charge on any atom is 0.339 e. The number of cyclic esters (lactones) is 1. The molecule has 0 saturated carbocycles. The Morgan fingerprint density at radius 3 is 2.43 bits per heavy atom. The highest BCUT2D eigenvalue weighted by Gasteiger charge is 2.42. The molecular weight excluding hydrogens is 356 g/mol. The van der Waals surface area contributed by atoms with E-state index in [1.807, 2.05) is 39.0 Å². The standard InChI is InChI=1S/C22H24N2O4/c1-13-9-14(2)19(15(3)10-13)24-18(25)12-23-21(27)22(4)11-16-7-5-6-8-17(16)20(26)28-22/h5-10H,11-12H2,1-4H3,(H,23,27)(H,24,25). The highest BCUT2D eigenvalue weighted by molar-refractivity contribution is 6.00. The molecule has 1 unspecified atom stereocenters. The van der Waals surface area contributed by atoms with Gasteiger partial charge in [0.05, 0.1) is 12.1 Å². The van der Waals surface area contributed by atoms with Crippen LogP contribution in [-0.2, 0) is 20.7 Å². The molecule has 1 heterocycles. The van der Waals surface area contributed by atoms with Crippen molar-refractivity contribution < 1.29 is 19.1 Å². The molecule has 0 aliphatic carbocycles. The Morgan fingerprint density at radius 2 is 1.75 bits per heavy atom. The van der Waals surface area contributed by atoms with Crippen molar-refractivity contribution in [2.45, 2.75) is 39.7 Å². The zero-order chi connectivity index (χ0) is 20.5. The fourth-order valence-corrected chi connectivity index (χ4v) is 3.57. The Hall–Kier alpha value is -3.15. The second-order valence-electron chi connectivity index (χ2n) is 7.46. The van der Waals surface area contributed by atoms with Gasteiger partial charge in [-0.1, -0.05) is 35.9 Å². The van der Waals surface area contributed by atoms with Crippen LogP contribution in [0.3, 0.4) is 0 Å². The monoisotopic (exact) mass is 380 g/mol. The number of rotatable bonds is 4. The van der Waals surface area contributed by atoms with E-state index in [9.17, 15) is 14.4 Å². The van der Waals surface area contributed by atoms with E-state index in [0.717, 1.165) is 27.9 Å². The third-order valence-electron chi connectivity index (χ3n) is 4.91. The first kappa shape index (κ1) is 19.6. The number of ether oxygens (including phenoxy) is 1. The van der Waals surface area contributed by atoms with Crippen LogP contribution in [0.5, 0.6) is 0 Å². The molecule has 1 aliphatic heterocycles. The number of carbonyl (C=O) groups excluding carboxylic acids is 3. The van der Waals surface area contributed by atoms with Gasteiger partial charge in [0, 0.05) is 12.1 Å². The largest absolute Gasteiger partial charge is 0.445 e. The van der Waals surface area contributed by atoms with Crippen LogP contribution in [0.4, 0.5) is 5.69 Å². The second-order valence-corrected chi connectivity index (χ2v) is 7.46. The quantitative estimate of drug-likeness (QED) is 0.799. The summed E-state index contributed by atoms with van der Waals surface area (Å²) in [5.74, 6) is -1.37. The maximum absolute atomic E-state index is 12.6. The van der Waals surface area contributed by atoms with Crippen molar-refractivity contribution in [3.63, 3.8) is 0 Å². The number of benzene rings is 2. The zero-order valence-electron chi connectivity index (χ0n) is 16.5. The molecule has 1 aliphatic rings. The number of fused-ring (bicyclic) bond motifs is 1. The van der Waals surface area contributed by atoms with Gasteiger partial charge in [-0.3, -0.25) is 9.59 Å². The van der Waals surface area contributed by atoms with E-state index in [1.54, 1.807) is 25.1 Å². The minimum atomic E-state index is -1.35. The molecule has 0 bridgehead atoms. The van der Waals surface area contributed by atoms with Gasteiger partial charge in [0.2, 0.25) is 5.91 Å². The summed E-state index contributed by atoms with van der Waals surface area (Å²) in [6, 6.07) is 11.0. The number of nitrogens with one attached hydrogen (secondary N) is 2. The Labute approximate surface area is 164 Å². The molecule has 0 saturated heterocycles. The van der Waals surface area contributed by atoms with Gasteiger partial charge in [-0.15, -0.1) is 0 Å². The highest BCUT2D eigenvalue weighted by atomic mass is 16.6. The molecular formula is C22H24N2O4. The lowest BCUT2D eigenvalue weighted by Crippen LogP contribution is -2.52. The van der Waals surface area contributed by atoms with Gasteiger partial charge in [-0.25, -0.2) is 4.79 Å². The first-order valence-corrected chi connectivity index (χ1v) is 9.17. The third kappa shape index (κ3) is 3.91. The predicted molar refractivity (Wildman–Crippen MR) is 106 cm³/mol. The predicted octanol–water partition coefficient (Wildman–Crippen LogP) is 2.84. The lowest BCUT2D eigenvalue weighted by atomic mass is 9.89. The summed E-state index contributed by atoms with van der Waals surface area (Å²) < 4.78 is 5.38. The summed E-state index contributed by atoms with van der Waals surface area (Å²) in [6.45, 7) is 7.20. The minimum Gasteiger partial charge on any atom is -0.445 e. The van der Waals surface area contributed by atoms with E-state index in [4.69, 9.17) is 4.74 Å². The second kappa shape index (κ2) is 7.46. The molecule has 2 N–H and O–H groups in total. The molecule has 146 valence electrons. The topological polar surface area (TPSA) is 84.5 Å². The van der Waals surface area contributed by atoms with Crippen LogP contribution in [0.1, 0.15) is 39.5 Å². The molecule has 2 amide bonds. The van der Waals surface area contributed by atoms with Crippen LogP contribution >= 0.6 is 0 Å². The van der Waals surface area contributed by atoms with E-state index >= 15 is 0 Å². The number of esters is 1. The third-order valence-corrected chi connectivity index (χ3v) is 4.91. The lowest BCUT2D eigenvalue weighted by Gasteiger charge is -2.32. The first-order valence-electron chi connectivity index (χ1n) is 9.17. The average molecular weight is 380 g/mol. The molecule has 2 aromatic rings. The molecule has 1 atom stereocenters. The van der Waals surface area contributed by atoms with Gasteiger partial charge in [-0.2, -0.15) is 0 Å². The lowest BCUT2D eigenvalue weighted by molar-refractivity contribution is -0.140. The number of aryl methyl sites for hydroxylation is 3. The van der Waals surface area contributed by atoms with Crippen LogP contribution < -0.4 is 10.6 Å². The van der Waals surface area contributed by atoms with Gasteiger partial charge < -0.3 is 15.4 Å². The molecule has 0 fully saturated rings. The summed E-state index contributed by atoms with van der Waals surface area (Å²) in [7, 11) is 0. The molecule has 28 heavy (non-hydrogen) atoms. The van der Waals surface area contributed by atoms with E-state index in [-0.39, 0.29) is 18.9 Å². The SMILES string of the molecule is Cc1cc(C)c(NC(=O)CNC(=O)C2(C)Cc3ccccc3C(=O)O2)c(C)c1. The number of anilines is 1. The number of carbonyl (C=O) groups is 3. The van der Waals surface area contributed by atoms with Crippen molar-refractivity contribution >= 4 is 23.5 Å². The fraction of sp³-hybridized carbons (Fsp3) is 0.318. The Morgan fingerprint density at radius 1 is 1.11 bits per heavy atom. The van der Waals surface area contributed by atoms with E-state index in [2.05, 4.69) is 10.6 Å². The summed E-state index contributed by atoms with van der Waals surface area (Å²) in [5, 5.41) is 5.43. The summed E-state index contributed by atoms with van der Waals surface area (Å²) in [5.41, 5.74) is 3.66. The highest BCUT2D eigenvalue weighted by Crippen LogP contribution is 2.28. The summed E-state index contributed by atoms with van der Waals surface area (Å²) >= 11 is 0. The van der Waals surface area contributed by atoms with Crippen LogP contribution in [0.15, 0.2) is 36.4 Å². The molecule has 6 heteroatoms. The van der Waals surface area contributed by atoms with Crippen LogP contribution in [0.25, 0.3) is 0 Å². The van der Waals surface area contributed by atoms with E-state index in [1.165, 1.54) is 0 Å². The van der Waals surface area contributed by atoms with E-state index in [0.29, 0.717) is 5.56 Å². The van der Waals surface area contributed by atoms with Crippen molar-refractivity contribution in [3.8, 4) is 0 Å². The van der Waals surface area contributed by atoms with Gasteiger partial charge in [-0.05, 0) is 50.5 Å². The number of hydrogen-bond acceptors (Lipinski definition) is 4. The first-order chi connectivity index (χ1) is 13.2. The van der Waals surface area contributed by atoms with Crippen molar-refractivity contribution in [2.24, 2.45) is 0 Å². The Kier molecular flexibility index (Phi) is 5.23. The van der Waals surface area contributed by atoms with Crippen molar-refractivity contribution in [3.05, 3.63) is 64.2 Å². The molecule has 3 rings (SSSR count). The molecule has 6 nitrogen and oxygen atoms in total. The molecule has 0 spiro atoms. The van der Waals surface area contributed by atoms with Crippen LogP contribution in [-0.4, -0.2) is 29.9 Å². The Bertz CT molecular complexity index is 944. The molecule has 0 aromatic heterocycles. The fourth-order valence-electron chi connectivity index (χ4n) is 3.57. The Balaban J connectivity index is 1.64. The number of hydrogen-bond donors (Lipinski definition) is 2. The smallest absolute Gasteiger partial charge is 0.339 e. The van der Waals surface area contributed by atoms with Crippen molar-refractivity contribution in [2.75, 3.05) is 11.9 Å². The number of amides is 2. The summed E-state index contributed by atoms with van der Waals surface area (Å²) in [4.78, 5) is 37.2. The minimum absolute atomic E-state index is 0.208. The van der Waals surface area contributed by atoms with Crippen molar-refractivity contribution in [1.29, 1.82) is 0 Å². The molecule has 2 aromatic carbocycles.